The minimum Gasteiger partial charge on any atom is -0.490 e. The van der Waals surface area contributed by atoms with Crippen molar-refractivity contribution in [3.63, 3.8) is 0 Å². The zero-order chi connectivity index (χ0) is 30.2. The molecule has 1 aliphatic rings. The van der Waals surface area contributed by atoms with Crippen LogP contribution >= 0.6 is 11.6 Å². The van der Waals surface area contributed by atoms with E-state index in [1.807, 2.05) is 26.0 Å². The van der Waals surface area contributed by atoms with Crippen molar-refractivity contribution >= 4 is 52.8 Å². The van der Waals surface area contributed by atoms with Crippen LogP contribution in [-0.4, -0.2) is 43.6 Å². The van der Waals surface area contributed by atoms with Gasteiger partial charge in [0.1, 0.15) is 11.3 Å². The van der Waals surface area contributed by atoms with Crippen LogP contribution in [0.3, 0.4) is 0 Å². The highest BCUT2D eigenvalue weighted by atomic mass is 35.5. The molecule has 2 N–H and O–H groups in total. The zero-order valence-corrected chi connectivity index (χ0v) is 24.1. The molecule has 4 rings (SSSR count). The Hall–Kier alpha value is -4.83. The van der Waals surface area contributed by atoms with Gasteiger partial charge in [0.25, 0.3) is 17.7 Å². The molecule has 1 aliphatic heterocycles. The smallest absolute Gasteiger partial charge is 0.335 e. The highest BCUT2D eigenvalue weighted by Gasteiger charge is 2.37. The Bertz CT molecular complexity index is 1550. The molecule has 3 aromatic rings. The summed E-state index contributed by atoms with van der Waals surface area (Å²) in [6.07, 6.45) is 2.04. The van der Waals surface area contributed by atoms with E-state index < -0.39 is 23.8 Å². The molecule has 1 heterocycles. The first-order chi connectivity index (χ1) is 20.2. The van der Waals surface area contributed by atoms with Crippen molar-refractivity contribution in [1.29, 1.82) is 0 Å². The van der Waals surface area contributed by atoms with Crippen molar-refractivity contribution in [1.82, 2.24) is 5.32 Å². The van der Waals surface area contributed by atoms with Crippen LogP contribution < -0.4 is 29.7 Å². The lowest BCUT2D eigenvalue weighted by Crippen LogP contribution is -2.54. The first kappa shape index (κ1) is 30.1. The summed E-state index contributed by atoms with van der Waals surface area (Å²) in [6, 6.07) is 15.6. The predicted octanol–water partition coefficient (Wildman–Crippen LogP) is 5.52. The number of para-hydroxylation sites is 1. The predicted molar refractivity (Wildman–Crippen MR) is 159 cm³/mol. The van der Waals surface area contributed by atoms with Crippen molar-refractivity contribution in [3.05, 3.63) is 82.4 Å². The van der Waals surface area contributed by atoms with Gasteiger partial charge in [-0.25, -0.2) is 9.69 Å². The fourth-order valence-corrected chi connectivity index (χ4v) is 4.27. The van der Waals surface area contributed by atoms with Gasteiger partial charge in [0.2, 0.25) is 0 Å². The van der Waals surface area contributed by atoms with E-state index in [0.29, 0.717) is 35.4 Å². The third kappa shape index (κ3) is 7.08. The second-order valence-electron chi connectivity index (χ2n) is 9.20. The summed E-state index contributed by atoms with van der Waals surface area (Å²) in [5.41, 5.74) is 1.64. The van der Waals surface area contributed by atoms with Gasteiger partial charge in [-0.15, -0.1) is 0 Å². The van der Waals surface area contributed by atoms with Crippen LogP contribution in [0.2, 0.25) is 5.02 Å². The quantitative estimate of drug-likeness (QED) is 0.222. The van der Waals surface area contributed by atoms with Crippen molar-refractivity contribution in [2.45, 2.75) is 27.2 Å². The van der Waals surface area contributed by atoms with E-state index in [-0.39, 0.29) is 29.2 Å². The maximum absolute atomic E-state index is 13.5. The number of barbiturate groups is 1. The van der Waals surface area contributed by atoms with E-state index in [1.165, 1.54) is 30.3 Å². The number of carbonyl (C=O) groups excluding carboxylic acids is 4. The normalized spacial score (nSPS) is 14.0. The molecule has 5 amide bonds. The van der Waals surface area contributed by atoms with Crippen LogP contribution in [0.4, 0.5) is 16.2 Å². The molecule has 0 spiro atoms. The number of nitrogens with zero attached hydrogens (tertiary/aromatic N) is 1. The Labute approximate surface area is 248 Å². The van der Waals surface area contributed by atoms with Gasteiger partial charge >= 0.3 is 6.03 Å². The van der Waals surface area contributed by atoms with Gasteiger partial charge in [0.05, 0.1) is 18.9 Å². The molecule has 0 unspecified atom stereocenters. The number of hydrogen-bond donors (Lipinski definition) is 2. The summed E-state index contributed by atoms with van der Waals surface area (Å²) in [5.74, 6) is -1.15. The minimum atomic E-state index is -0.915. The number of urea groups is 1. The average molecular weight is 592 g/mol. The average Bonchev–Trinajstić information content (AvgIpc) is 2.95. The number of aryl methyl sites for hydroxylation is 1. The molecule has 0 saturated carbocycles. The third-order valence-corrected chi connectivity index (χ3v) is 6.33. The van der Waals surface area contributed by atoms with Crippen LogP contribution in [0.1, 0.15) is 31.4 Å². The van der Waals surface area contributed by atoms with Gasteiger partial charge in [-0.3, -0.25) is 19.7 Å². The molecule has 42 heavy (non-hydrogen) atoms. The topological polar surface area (TPSA) is 123 Å². The van der Waals surface area contributed by atoms with Gasteiger partial charge in [0.15, 0.2) is 18.1 Å². The Balaban J connectivity index is 1.60. The summed E-state index contributed by atoms with van der Waals surface area (Å²) in [6.45, 7) is 6.08. The van der Waals surface area contributed by atoms with Crippen molar-refractivity contribution in [2.24, 2.45) is 0 Å². The highest BCUT2D eigenvalue weighted by Crippen LogP contribution is 2.34. The highest BCUT2D eigenvalue weighted by molar-refractivity contribution is 6.39. The molecule has 0 atom stereocenters. The third-order valence-electron chi connectivity index (χ3n) is 6.10. The van der Waals surface area contributed by atoms with E-state index in [9.17, 15) is 19.2 Å². The summed E-state index contributed by atoms with van der Waals surface area (Å²) in [4.78, 5) is 52.5. The number of benzene rings is 3. The second-order valence-corrected chi connectivity index (χ2v) is 9.64. The SMILES string of the molecule is CCCOc1ccc(N2C(=O)NC(=O)/C(=C\c3cc(Cl)ccc3OCC(=O)Nc3ccccc3C)C2=O)cc1OCC. The van der Waals surface area contributed by atoms with Crippen LogP contribution in [0.15, 0.2) is 66.2 Å². The van der Waals surface area contributed by atoms with Crippen LogP contribution in [-0.2, 0) is 14.4 Å². The first-order valence-corrected chi connectivity index (χ1v) is 13.7. The first-order valence-electron chi connectivity index (χ1n) is 13.3. The maximum atomic E-state index is 13.5. The van der Waals surface area contributed by atoms with Crippen LogP contribution in [0, 0.1) is 6.92 Å². The monoisotopic (exact) mass is 591 g/mol. The Morgan fingerprint density at radius 2 is 1.71 bits per heavy atom. The number of imide groups is 2. The molecule has 11 heteroatoms. The van der Waals surface area contributed by atoms with Gasteiger partial charge in [0, 0.05) is 22.3 Å². The molecular weight excluding hydrogens is 562 g/mol. The number of halogens is 1. The number of anilines is 2. The fourth-order valence-electron chi connectivity index (χ4n) is 4.09. The molecule has 10 nitrogen and oxygen atoms in total. The molecule has 1 fully saturated rings. The number of ether oxygens (including phenoxy) is 3. The minimum absolute atomic E-state index is 0.179. The van der Waals surface area contributed by atoms with Gasteiger partial charge in [-0.2, -0.15) is 0 Å². The summed E-state index contributed by atoms with van der Waals surface area (Å²) >= 11 is 6.20. The summed E-state index contributed by atoms with van der Waals surface area (Å²) < 4.78 is 17.1. The molecule has 1 saturated heterocycles. The molecule has 218 valence electrons. The summed E-state index contributed by atoms with van der Waals surface area (Å²) in [7, 11) is 0. The standard InChI is InChI=1S/C31H30ClN3O7/c1-4-14-41-26-13-11-22(17-27(26)40-5-2)35-30(38)23(29(37)34-31(35)39)16-20-15-21(32)10-12-25(20)42-18-28(36)33-24-9-7-6-8-19(24)3/h6-13,15-17H,4-5,14,18H2,1-3H3,(H,33,36)(H,34,37,39)/b23-16+. The van der Waals surface area contributed by atoms with E-state index in [0.717, 1.165) is 16.9 Å². The fraction of sp³-hybridized carbons (Fsp3) is 0.226. The Kier molecular flexibility index (Phi) is 9.82. The van der Waals surface area contributed by atoms with Crippen LogP contribution in [0.5, 0.6) is 17.2 Å². The maximum Gasteiger partial charge on any atom is 0.335 e. The largest absolute Gasteiger partial charge is 0.490 e. The van der Waals surface area contributed by atoms with Crippen molar-refractivity contribution < 1.29 is 33.4 Å². The van der Waals surface area contributed by atoms with Crippen molar-refractivity contribution in [3.8, 4) is 17.2 Å². The Morgan fingerprint density at radius 1 is 0.952 bits per heavy atom. The van der Waals surface area contributed by atoms with Crippen LogP contribution in [0.25, 0.3) is 6.08 Å². The number of hydrogen-bond acceptors (Lipinski definition) is 7. The number of nitrogens with one attached hydrogen (secondary N) is 2. The molecule has 3 aromatic carbocycles. The molecule has 0 aliphatic carbocycles. The number of amides is 5. The van der Waals surface area contributed by atoms with Crippen molar-refractivity contribution in [2.75, 3.05) is 30.0 Å². The van der Waals surface area contributed by atoms with E-state index in [1.54, 1.807) is 31.2 Å². The molecular formula is C31H30ClN3O7. The number of carbonyl (C=O) groups is 4. The second kappa shape index (κ2) is 13.7. The molecule has 0 aromatic heterocycles. The number of rotatable bonds is 11. The summed E-state index contributed by atoms with van der Waals surface area (Å²) in [5, 5.41) is 5.28. The van der Waals surface area contributed by atoms with Gasteiger partial charge in [-0.1, -0.05) is 36.7 Å². The van der Waals surface area contributed by atoms with Gasteiger partial charge < -0.3 is 19.5 Å². The Morgan fingerprint density at radius 3 is 2.45 bits per heavy atom. The van der Waals surface area contributed by atoms with E-state index in [2.05, 4.69) is 10.6 Å². The molecule has 0 bridgehead atoms. The lowest BCUT2D eigenvalue weighted by Gasteiger charge is -2.27. The van der Waals surface area contributed by atoms with E-state index >= 15 is 0 Å². The van der Waals surface area contributed by atoms with E-state index in [4.69, 9.17) is 25.8 Å². The van der Waals surface area contributed by atoms with Gasteiger partial charge in [-0.05, 0) is 68.3 Å². The lowest BCUT2D eigenvalue weighted by molar-refractivity contribution is -0.122. The lowest BCUT2D eigenvalue weighted by atomic mass is 10.1. The zero-order valence-electron chi connectivity index (χ0n) is 23.4. The molecule has 0 radical (unpaired) electrons.